The number of aliphatic hydroxyl groups is 6. The molecular formula is C61H119N9O14S. The van der Waals surface area contributed by atoms with Crippen LogP contribution in [0.15, 0.2) is 72.2 Å². The molecule has 2 saturated heterocycles. The number of β-amino-alcohol motifs (C(OH)–C–C–N with tert-alkyl or cyclic N) is 1. The van der Waals surface area contributed by atoms with Crippen LogP contribution in [0.3, 0.4) is 0 Å². The third-order valence-corrected chi connectivity index (χ3v) is 10.2. The Kier molecular flexibility index (Phi) is 70.4. The van der Waals surface area contributed by atoms with E-state index in [2.05, 4.69) is 48.2 Å². The number of hydrogen-bond donors (Lipinski definition) is 12. The Morgan fingerprint density at radius 1 is 0.718 bits per heavy atom. The molecule has 0 radical (unpaired) electrons. The number of carbonyl (C=O) groups is 4. The van der Waals surface area contributed by atoms with Gasteiger partial charge in [0.25, 0.3) is 0 Å². The second kappa shape index (κ2) is 65.4. The number of morpholine rings is 2. The first-order valence-corrected chi connectivity index (χ1v) is 29.8. The lowest BCUT2D eigenvalue weighted by Gasteiger charge is -2.25. The van der Waals surface area contributed by atoms with Crippen molar-refractivity contribution in [2.45, 2.75) is 146 Å². The van der Waals surface area contributed by atoms with Gasteiger partial charge in [-0.15, -0.1) is 11.3 Å². The van der Waals surface area contributed by atoms with Crippen LogP contribution >= 0.6 is 11.3 Å². The summed E-state index contributed by atoms with van der Waals surface area (Å²) < 4.78 is 20.1. The predicted octanol–water partition coefficient (Wildman–Crippen LogP) is 5.09. The molecule has 2 aromatic carbocycles. The number of likely N-dealkylation sites (N-methyl/N-ethyl adjacent to an activating group) is 1. The van der Waals surface area contributed by atoms with Crippen LogP contribution in [-0.2, 0) is 48.3 Å². The van der Waals surface area contributed by atoms with Crippen molar-refractivity contribution >= 4 is 35.1 Å². The van der Waals surface area contributed by atoms with Gasteiger partial charge in [-0.1, -0.05) is 88.4 Å². The Morgan fingerprint density at radius 2 is 1.21 bits per heavy atom. The maximum Gasteiger partial charge on any atom is 0.410 e. The normalized spacial score (nSPS) is 12.5. The van der Waals surface area contributed by atoms with Gasteiger partial charge in [0.2, 0.25) is 0 Å². The molecule has 2 amide bonds. The Bertz CT molecular complexity index is 1800. The monoisotopic (exact) mass is 1230 g/mol. The molecule has 1 aromatic heterocycles. The molecule has 0 bridgehead atoms. The number of alkyl carbamates (subject to hydrolysis) is 1. The number of rotatable bonds is 16. The van der Waals surface area contributed by atoms with Gasteiger partial charge in [0.1, 0.15) is 27.8 Å². The summed E-state index contributed by atoms with van der Waals surface area (Å²) in [6.45, 7) is 35.3. The Hall–Kier alpha value is -4.61. The van der Waals surface area contributed by atoms with Gasteiger partial charge >= 0.3 is 12.2 Å². The summed E-state index contributed by atoms with van der Waals surface area (Å²) in [5.74, 6) is 1.57. The highest BCUT2D eigenvalue weighted by Gasteiger charge is 2.19. The number of benzene rings is 2. The van der Waals surface area contributed by atoms with E-state index >= 15 is 0 Å². The summed E-state index contributed by atoms with van der Waals surface area (Å²) in [7, 11) is 1.59. The molecule has 5 rings (SSSR count). The van der Waals surface area contributed by atoms with Gasteiger partial charge in [0, 0.05) is 77.5 Å². The lowest BCUT2D eigenvalue weighted by Crippen LogP contribution is -2.39. The molecule has 0 saturated carbocycles. The van der Waals surface area contributed by atoms with Crippen LogP contribution in [0.4, 0.5) is 9.59 Å². The highest BCUT2D eigenvalue weighted by Crippen LogP contribution is 2.09. The van der Waals surface area contributed by atoms with E-state index in [0.717, 1.165) is 89.1 Å². The maximum atomic E-state index is 11.1. The van der Waals surface area contributed by atoms with Crippen LogP contribution in [0.1, 0.15) is 125 Å². The lowest BCUT2D eigenvalue weighted by molar-refractivity contribution is -0.117. The van der Waals surface area contributed by atoms with Crippen molar-refractivity contribution in [3.05, 3.63) is 88.4 Å². The van der Waals surface area contributed by atoms with Gasteiger partial charge in [-0.25, -0.2) is 14.6 Å². The number of nitrogens with one attached hydrogen (secondary N) is 2. The summed E-state index contributed by atoms with van der Waals surface area (Å²) in [5, 5.41) is 59.1. The summed E-state index contributed by atoms with van der Waals surface area (Å²) in [6.07, 6.45) is 3.17. The minimum absolute atomic E-state index is 0.0324. The Balaban J connectivity index is -0.000000204. The highest BCUT2D eigenvalue weighted by molar-refractivity contribution is 7.09. The topological polar surface area (TPSA) is 374 Å². The van der Waals surface area contributed by atoms with E-state index in [1.54, 1.807) is 68.6 Å². The fourth-order valence-electron chi connectivity index (χ4n) is 4.76. The first-order valence-electron chi connectivity index (χ1n) is 29.0. The van der Waals surface area contributed by atoms with Crippen molar-refractivity contribution in [1.29, 1.82) is 0 Å². The number of aromatic nitrogens is 1. The third-order valence-electron chi connectivity index (χ3n) is 9.46. The summed E-state index contributed by atoms with van der Waals surface area (Å²) in [4.78, 5) is 49.3. The minimum Gasteiger partial charge on any atom is -0.444 e. The molecule has 2 fully saturated rings. The van der Waals surface area contributed by atoms with Gasteiger partial charge in [-0.2, -0.15) is 0 Å². The predicted molar refractivity (Wildman–Crippen MR) is 344 cm³/mol. The number of carbonyl (C=O) groups excluding carboxylic acids is 4. The van der Waals surface area contributed by atoms with Crippen LogP contribution in [0.2, 0.25) is 0 Å². The van der Waals surface area contributed by atoms with Crippen LogP contribution in [0, 0.1) is 11.8 Å². The molecule has 3 aromatic rings. The van der Waals surface area contributed by atoms with Crippen molar-refractivity contribution in [2.24, 2.45) is 34.8 Å². The van der Waals surface area contributed by atoms with Crippen LogP contribution in [0.25, 0.3) is 0 Å². The van der Waals surface area contributed by atoms with E-state index < -0.39 is 23.4 Å². The molecule has 3 heterocycles. The van der Waals surface area contributed by atoms with E-state index in [9.17, 15) is 19.2 Å². The van der Waals surface area contributed by atoms with Crippen molar-refractivity contribution in [3.63, 3.8) is 0 Å². The summed E-state index contributed by atoms with van der Waals surface area (Å²) >= 11 is 1.46. The van der Waals surface area contributed by atoms with Crippen molar-refractivity contribution in [3.8, 4) is 0 Å². The number of hydrogen-bond acceptors (Lipinski definition) is 22. The standard InChI is InChI=1S/2C8H17NO3.C7H9N.C7H8O.C6H13NO2.C5H11NO.C5H12O.C4H5NOS.C4H9NO.C4H11N.C3H7NO/c1-8(2,3)12-7(11)9(4)5-6-10;1-6(5-10)9-7(11)12-8(2,3)4;2*8-6-7-4-2-1-3-5-7;8-4-1-7-2-5-9-6-3-7;1-5(7)3-2-4-6;1-5(2)3-4-6;6-3-4-5-1-2-7-4;1-3-6-4-2-5-1;1-4(2)3-5;1-3(5)2-4/h10H,5-6H2,1-4H3;6,10H,5H2,1-4H3,(H,9,11);1-5H,6,8H2;1-5,8H,6H2;8H,1-6H2;2-4,6H2,1H3;5-6H,3-4H2,1-2H3;1-2,6H,3H2;5H,1-4H2;4H,3,5H2,1-2H3;2,4H2,1H3. The molecule has 85 heavy (non-hydrogen) atoms. The largest absolute Gasteiger partial charge is 0.444 e. The fourth-order valence-corrected chi connectivity index (χ4v) is 5.23. The molecule has 0 spiro atoms. The summed E-state index contributed by atoms with van der Waals surface area (Å²) in [5.41, 5.74) is 21.7. The SMILES string of the molecule is C1COCCN1.CC(=O)CCCN.CC(=O)CN.CC(C)CCO.CC(C)CN.CC(CO)NC(=O)OC(C)(C)C.CN(CCO)C(=O)OC(C)(C)C.NCc1ccccc1.OCCN1CCOCC1.OCc1ccccc1.OCc1nccs1. The smallest absolute Gasteiger partial charge is 0.410 e. The first-order chi connectivity index (χ1) is 40.0. The van der Waals surface area contributed by atoms with Crippen molar-refractivity contribution < 1.29 is 68.8 Å². The molecule has 16 N–H and O–H groups in total. The van der Waals surface area contributed by atoms with Gasteiger partial charge in [-0.3, -0.25) is 9.69 Å². The zero-order valence-corrected chi connectivity index (χ0v) is 55.2. The maximum absolute atomic E-state index is 11.1. The molecule has 0 aliphatic carbocycles. The van der Waals surface area contributed by atoms with E-state index in [-0.39, 0.29) is 57.2 Å². The van der Waals surface area contributed by atoms with E-state index in [1.807, 2.05) is 66.0 Å². The average Bonchev–Trinajstić information content (AvgIpc) is 4.03. The highest BCUT2D eigenvalue weighted by atomic mass is 32.1. The molecule has 498 valence electrons. The number of aliphatic hydroxyl groups excluding tert-OH is 6. The lowest BCUT2D eigenvalue weighted by atomic mass is 10.2. The quantitative estimate of drug-likeness (QED) is 0.0888. The molecular weight excluding hydrogens is 1110 g/mol. The number of nitrogens with two attached hydrogens (primary N) is 4. The fraction of sp³-hybridized carbons (Fsp3) is 0.689. The van der Waals surface area contributed by atoms with E-state index in [4.69, 9.17) is 72.5 Å². The van der Waals surface area contributed by atoms with Crippen LogP contribution < -0.4 is 33.6 Å². The number of ketones is 2. The molecule has 1 atom stereocenters. The van der Waals surface area contributed by atoms with Crippen molar-refractivity contribution in [1.82, 2.24) is 25.4 Å². The number of nitrogens with zero attached hydrogens (tertiary/aromatic N) is 3. The van der Waals surface area contributed by atoms with E-state index in [0.29, 0.717) is 44.5 Å². The number of thiazole rings is 1. The van der Waals surface area contributed by atoms with Gasteiger partial charge < -0.3 is 92.8 Å². The summed E-state index contributed by atoms with van der Waals surface area (Å²) in [6, 6.07) is 19.2. The van der Waals surface area contributed by atoms with Gasteiger partial charge in [-0.05, 0) is 111 Å². The molecule has 1 unspecified atom stereocenters. The van der Waals surface area contributed by atoms with Crippen molar-refractivity contribution in [2.75, 3.05) is 119 Å². The Morgan fingerprint density at radius 3 is 1.46 bits per heavy atom. The number of ether oxygens (including phenoxy) is 4. The zero-order valence-electron chi connectivity index (χ0n) is 54.4. The number of amides is 2. The second-order valence-electron chi connectivity index (χ2n) is 21.3. The zero-order chi connectivity index (χ0) is 66.3. The van der Waals surface area contributed by atoms with E-state index in [1.165, 1.54) is 28.7 Å². The van der Waals surface area contributed by atoms with Crippen LogP contribution in [0.5, 0.6) is 0 Å². The third kappa shape index (κ3) is 83.7. The minimum atomic E-state index is -0.496. The average molecular weight is 1230 g/mol. The van der Waals surface area contributed by atoms with Crippen LogP contribution in [-0.4, -0.2) is 205 Å². The molecule has 2 aliphatic rings. The second-order valence-corrected chi connectivity index (χ2v) is 22.3. The first kappa shape index (κ1) is 91.6. The molecule has 24 heteroatoms. The van der Waals surface area contributed by atoms with Gasteiger partial charge in [0.15, 0.2) is 0 Å². The van der Waals surface area contributed by atoms with Gasteiger partial charge in [0.05, 0.1) is 72.0 Å². The molecule has 2 aliphatic heterocycles. The number of Topliss-reactive ketones (excluding diaryl/α,β-unsaturated/α-hetero) is 2. The Labute approximate surface area is 515 Å². The molecule has 23 nitrogen and oxygen atoms in total.